The van der Waals surface area contributed by atoms with Crippen LogP contribution in [0, 0.1) is 11.7 Å². The lowest BCUT2D eigenvalue weighted by Crippen LogP contribution is -2.33. The second-order valence-electron chi connectivity index (χ2n) is 9.73. The fourth-order valence-electron chi connectivity index (χ4n) is 6.26. The van der Waals surface area contributed by atoms with E-state index in [1.54, 1.807) is 25.3 Å². The number of halogens is 4. The first-order chi connectivity index (χ1) is 17.3. The quantitative estimate of drug-likeness (QED) is 0.431. The zero-order valence-electron chi connectivity index (χ0n) is 20.0. The SMILES string of the molecule is COc1ccc(-n2ccnc2C(F)(F)F)cc1C1COC2(CCC(CCN)C2c2ccc(F)cc2)C1. The molecule has 0 bridgehead atoms. The Hall–Kier alpha value is -2.91. The summed E-state index contributed by atoms with van der Waals surface area (Å²) in [6, 6.07) is 11.6. The summed E-state index contributed by atoms with van der Waals surface area (Å²) in [5.41, 5.74) is 7.66. The van der Waals surface area contributed by atoms with E-state index in [1.165, 1.54) is 18.3 Å². The molecular formula is C27H29F4N3O2. The van der Waals surface area contributed by atoms with Gasteiger partial charge < -0.3 is 15.2 Å². The second-order valence-corrected chi connectivity index (χ2v) is 9.73. The Morgan fingerprint density at radius 3 is 2.67 bits per heavy atom. The molecule has 5 nitrogen and oxygen atoms in total. The van der Waals surface area contributed by atoms with Gasteiger partial charge in [0, 0.05) is 35.5 Å². The summed E-state index contributed by atoms with van der Waals surface area (Å²) < 4.78 is 67.3. The zero-order valence-corrected chi connectivity index (χ0v) is 20.0. The van der Waals surface area contributed by atoms with Crippen molar-refractivity contribution in [3.8, 4) is 11.4 Å². The molecule has 36 heavy (non-hydrogen) atoms. The number of rotatable bonds is 6. The van der Waals surface area contributed by atoms with Crippen molar-refractivity contribution in [3.05, 3.63) is 77.6 Å². The molecule has 2 N–H and O–H groups in total. The van der Waals surface area contributed by atoms with E-state index in [2.05, 4.69) is 4.98 Å². The fraction of sp³-hybridized carbons (Fsp3) is 0.444. The number of hydrogen-bond acceptors (Lipinski definition) is 4. The summed E-state index contributed by atoms with van der Waals surface area (Å²) in [6.45, 7) is 0.979. The Morgan fingerprint density at radius 2 is 1.97 bits per heavy atom. The molecular weight excluding hydrogens is 474 g/mol. The highest BCUT2D eigenvalue weighted by Crippen LogP contribution is 2.57. The van der Waals surface area contributed by atoms with Crippen LogP contribution in [0.25, 0.3) is 5.69 Å². The number of nitrogens with zero attached hydrogens (tertiary/aromatic N) is 2. The highest BCUT2D eigenvalue weighted by Gasteiger charge is 2.54. The largest absolute Gasteiger partial charge is 0.496 e. The average molecular weight is 504 g/mol. The van der Waals surface area contributed by atoms with Gasteiger partial charge in [-0.15, -0.1) is 0 Å². The normalized spacial score (nSPS) is 26.1. The zero-order chi connectivity index (χ0) is 25.5. The van der Waals surface area contributed by atoms with Crippen LogP contribution in [-0.2, 0) is 10.9 Å². The molecule has 1 saturated carbocycles. The van der Waals surface area contributed by atoms with Crippen molar-refractivity contribution in [2.24, 2.45) is 11.7 Å². The molecule has 1 aliphatic heterocycles. The number of benzene rings is 2. The highest BCUT2D eigenvalue weighted by atomic mass is 19.4. The molecule has 1 saturated heterocycles. The van der Waals surface area contributed by atoms with E-state index in [0.717, 1.165) is 41.2 Å². The molecule has 2 aromatic carbocycles. The van der Waals surface area contributed by atoms with Crippen molar-refractivity contribution in [1.82, 2.24) is 9.55 Å². The molecule has 4 atom stereocenters. The van der Waals surface area contributed by atoms with Gasteiger partial charge in [0.15, 0.2) is 0 Å². The van der Waals surface area contributed by atoms with E-state index in [1.807, 2.05) is 12.1 Å². The van der Waals surface area contributed by atoms with E-state index < -0.39 is 17.6 Å². The van der Waals surface area contributed by atoms with Gasteiger partial charge in [0.2, 0.25) is 5.82 Å². The predicted octanol–water partition coefficient (Wildman–Crippen LogP) is 5.82. The summed E-state index contributed by atoms with van der Waals surface area (Å²) in [7, 11) is 1.55. The smallest absolute Gasteiger partial charge is 0.450 e. The predicted molar refractivity (Wildman–Crippen MR) is 127 cm³/mol. The summed E-state index contributed by atoms with van der Waals surface area (Å²) in [5.74, 6) is -0.357. The van der Waals surface area contributed by atoms with Crippen LogP contribution in [0.15, 0.2) is 54.9 Å². The molecule has 5 rings (SSSR count). The molecule has 2 fully saturated rings. The number of aromatic nitrogens is 2. The number of methoxy groups -OCH3 is 1. The molecule has 1 aromatic heterocycles. The third-order valence-corrected chi connectivity index (χ3v) is 7.73. The molecule has 0 amide bonds. The van der Waals surface area contributed by atoms with Crippen LogP contribution in [-0.4, -0.2) is 35.4 Å². The average Bonchev–Trinajstić information content (AvgIpc) is 3.59. The standard InChI is InChI=1S/C27H29F4N3O2/c1-35-23-7-6-21(34-13-12-33-25(34)27(29,30)31)14-22(23)19-15-26(36-16-19)10-8-18(9-11-32)24(26)17-2-4-20(28)5-3-17/h2-7,12-14,18-19,24H,8-11,15-16,32H2,1H3. The van der Waals surface area contributed by atoms with Crippen LogP contribution in [0.1, 0.15) is 54.5 Å². The lowest BCUT2D eigenvalue weighted by atomic mass is 9.75. The van der Waals surface area contributed by atoms with Gasteiger partial charge in [-0.2, -0.15) is 13.2 Å². The Morgan fingerprint density at radius 1 is 1.19 bits per heavy atom. The molecule has 2 heterocycles. The van der Waals surface area contributed by atoms with Crippen LogP contribution < -0.4 is 10.5 Å². The minimum absolute atomic E-state index is 0.0614. The Balaban J connectivity index is 1.49. The first-order valence-corrected chi connectivity index (χ1v) is 12.1. The van der Waals surface area contributed by atoms with Gasteiger partial charge in [0.1, 0.15) is 11.6 Å². The summed E-state index contributed by atoms with van der Waals surface area (Å²) in [5, 5.41) is 0. The summed E-state index contributed by atoms with van der Waals surface area (Å²) in [6.07, 6.45) is 1.20. The minimum atomic E-state index is -4.58. The van der Waals surface area contributed by atoms with Crippen LogP contribution >= 0.6 is 0 Å². The van der Waals surface area contributed by atoms with Crippen molar-refractivity contribution in [2.45, 2.75) is 49.3 Å². The van der Waals surface area contributed by atoms with Gasteiger partial charge in [0.05, 0.1) is 19.3 Å². The number of ether oxygens (including phenoxy) is 2. The van der Waals surface area contributed by atoms with Crippen molar-refractivity contribution in [2.75, 3.05) is 20.3 Å². The third kappa shape index (κ3) is 4.39. The van der Waals surface area contributed by atoms with E-state index in [-0.39, 0.29) is 17.7 Å². The minimum Gasteiger partial charge on any atom is -0.496 e. The summed E-state index contributed by atoms with van der Waals surface area (Å²) in [4.78, 5) is 3.51. The van der Waals surface area contributed by atoms with Gasteiger partial charge in [-0.05, 0) is 74.0 Å². The van der Waals surface area contributed by atoms with Gasteiger partial charge in [0.25, 0.3) is 0 Å². The number of alkyl halides is 3. The monoisotopic (exact) mass is 503 g/mol. The van der Waals surface area contributed by atoms with Gasteiger partial charge in [-0.1, -0.05) is 12.1 Å². The van der Waals surface area contributed by atoms with Crippen LogP contribution in [0.2, 0.25) is 0 Å². The van der Waals surface area contributed by atoms with Crippen LogP contribution in [0.5, 0.6) is 5.75 Å². The lowest BCUT2D eigenvalue weighted by Gasteiger charge is -2.34. The number of imidazole rings is 1. The fourth-order valence-corrected chi connectivity index (χ4v) is 6.26. The van der Waals surface area contributed by atoms with Crippen LogP contribution in [0.3, 0.4) is 0 Å². The Labute approximate surface area is 207 Å². The third-order valence-electron chi connectivity index (χ3n) is 7.73. The molecule has 1 aliphatic carbocycles. The lowest BCUT2D eigenvalue weighted by molar-refractivity contribution is -0.145. The Kier molecular flexibility index (Phi) is 6.55. The number of nitrogens with two attached hydrogens (primary N) is 1. The maximum atomic E-state index is 13.7. The molecule has 0 radical (unpaired) electrons. The van der Waals surface area contributed by atoms with Crippen molar-refractivity contribution in [1.29, 1.82) is 0 Å². The molecule has 4 unspecified atom stereocenters. The maximum Gasteiger partial charge on any atom is 0.450 e. The molecule has 3 aromatic rings. The molecule has 9 heteroatoms. The topological polar surface area (TPSA) is 62.3 Å². The first kappa shape index (κ1) is 24.8. The first-order valence-electron chi connectivity index (χ1n) is 12.1. The van der Waals surface area contributed by atoms with Gasteiger partial charge >= 0.3 is 6.18 Å². The van der Waals surface area contributed by atoms with Crippen LogP contribution in [0.4, 0.5) is 17.6 Å². The second kappa shape index (κ2) is 9.52. The van der Waals surface area contributed by atoms with E-state index in [4.69, 9.17) is 15.2 Å². The molecule has 192 valence electrons. The summed E-state index contributed by atoms with van der Waals surface area (Å²) >= 11 is 0. The van der Waals surface area contributed by atoms with Crippen molar-refractivity contribution < 1.29 is 27.0 Å². The van der Waals surface area contributed by atoms with E-state index in [9.17, 15) is 17.6 Å². The van der Waals surface area contributed by atoms with Gasteiger partial charge in [-0.3, -0.25) is 4.57 Å². The molecule has 2 aliphatic rings. The van der Waals surface area contributed by atoms with E-state index >= 15 is 0 Å². The highest BCUT2D eigenvalue weighted by molar-refractivity contribution is 5.48. The maximum absolute atomic E-state index is 13.7. The number of hydrogen-bond donors (Lipinski definition) is 1. The Bertz CT molecular complexity index is 1210. The van der Waals surface area contributed by atoms with E-state index in [0.29, 0.717) is 36.9 Å². The van der Waals surface area contributed by atoms with Crippen molar-refractivity contribution in [3.63, 3.8) is 0 Å². The van der Waals surface area contributed by atoms with Crippen molar-refractivity contribution >= 4 is 0 Å². The molecule has 1 spiro atoms. The van der Waals surface area contributed by atoms with Gasteiger partial charge in [-0.25, -0.2) is 9.37 Å².